The minimum absolute atomic E-state index is 0.249. The number of hydrogen-bond acceptors (Lipinski definition) is 4. The van der Waals surface area contributed by atoms with Gasteiger partial charge in [-0.25, -0.2) is 9.59 Å². The highest BCUT2D eigenvalue weighted by atomic mass is 16.4. The third-order valence-corrected chi connectivity index (χ3v) is 2.22. The summed E-state index contributed by atoms with van der Waals surface area (Å²) in [6.45, 7) is 0.249. The first kappa shape index (κ1) is 14.6. The van der Waals surface area contributed by atoms with Gasteiger partial charge in [0.1, 0.15) is 11.8 Å². The van der Waals surface area contributed by atoms with Crippen LogP contribution in [0.1, 0.15) is 12.2 Å². The molecular weight excluding hydrogens is 256 g/mol. The van der Waals surface area contributed by atoms with Gasteiger partial charge < -0.3 is 25.3 Å². The highest BCUT2D eigenvalue weighted by Gasteiger charge is 2.22. The minimum atomic E-state index is -1.46. The molecule has 0 aromatic carbocycles. The van der Waals surface area contributed by atoms with Crippen LogP contribution < -0.4 is 10.6 Å². The van der Waals surface area contributed by atoms with E-state index in [9.17, 15) is 14.4 Å². The van der Waals surface area contributed by atoms with Crippen LogP contribution >= 0.6 is 0 Å². The monoisotopic (exact) mass is 270 g/mol. The molecule has 0 aliphatic carbocycles. The zero-order valence-corrected chi connectivity index (χ0v) is 9.96. The lowest BCUT2D eigenvalue weighted by Gasteiger charge is -2.12. The Morgan fingerprint density at radius 2 is 2.05 bits per heavy atom. The van der Waals surface area contributed by atoms with Crippen LogP contribution in [0.3, 0.4) is 0 Å². The molecule has 1 rings (SSSR count). The molecule has 1 aromatic heterocycles. The summed E-state index contributed by atoms with van der Waals surface area (Å²) < 4.78 is 5.04. The van der Waals surface area contributed by atoms with Gasteiger partial charge in [-0.15, -0.1) is 0 Å². The fraction of sp³-hybridized carbons (Fsp3) is 0.364. The number of carboxylic acids is 2. The predicted octanol–water partition coefficient (Wildman–Crippen LogP) is 0.0492. The van der Waals surface area contributed by atoms with Gasteiger partial charge in [-0.1, -0.05) is 0 Å². The van der Waals surface area contributed by atoms with Gasteiger partial charge in [0.05, 0.1) is 12.7 Å². The van der Waals surface area contributed by atoms with Crippen LogP contribution in [0.5, 0.6) is 0 Å². The fourth-order valence-electron chi connectivity index (χ4n) is 1.34. The Morgan fingerprint density at radius 3 is 2.58 bits per heavy atom. The number of carbonyl (C=O) groups excluding carboxylic acids is 1. The van der Waals surface area contributed by atoms with E-state index >= 15 is 0 Å². The molecular formula is C11H14N2O6. The maximum Gasteiger partial charge on any atom is 0.326 e. The molecule has 2 amide bonds. The summed E-state index contributed by atoms with van der Waals surface area (Å²) in [5, 5.41) is 21.7. The summed E-state index contributed by atoms with van der Waals surface area (Å²) in [7, 11) is 0. The lowest BCUT2D eigenvalue weighted by Crippen LogP contribution is -2.47. The Hall–Kier alpha value is -2.51. The average Bonchev–Trinajstić information content (AvgIpc) is 2.80. The van der Waals surface area contributed by atoms with Crippen molar-refractivity contribution in [2.75, 3.05) is 6.54 Å². The number of aliphatic carboxylic acids is 2. The number of rotatable bonds is 7. The van der Waals surface area contributed by atoms with E-state index in [4.69, 9.17) is 14.6 Å². The molecule has 0 bridgehead atoms. The molecule has 8 heteroatoms. The van der Waals surface area contributed by atoms with E-state index in [1.54, 1.807) is 12.1 Å². The number of carbonyl (C=O) groups is 3. The average molecular weight is 270 g/mol. The number of carboxylic acid groups (broad SMARTS) is 2. The van der Waals surface area contributed by atoms with Crippen molar-refractivity contribution < 1.29 is 29.0 Å². The highest BCUT2D eigenvalue weighted by molar-refractivity contribution is 5.86. The third kappa shape index (κ3) is 5.57. The van der Waals surface area contributed by atoms with Crippen LogP contribution in [0.15, 0.2) is 22.8 Å². The van der Waals surface area contributed by atoms with Gasteiger partial charge in [0, 0.05) is 13.0 Å². The largest absolute Gasteiger partial charge is 0.481 e. The van der Waals surface area contributed by atoms with Gasteiger partial charge in [0.2, 0.25) is 0 Å². The Labute approximate surface area is 108 Å². The van der Waals surface area contributed by atoms with Crippen molar-refractivity contribution in [2.45, 2.75) is 18.9 Å². The van der Waals surface area contributed by atoms with E-state index < -0.39 is 30.4 Å². The van der Waals surface area contributed by atoms with E-state index in [-0.39, 0.29) is 6.54 Å². The molecule has 0 fully saturated rings. The molecule has 1 unspecified atom stereocenters. The van der Waals surface area contributed by atoms with Gasteiger partial charge in [0.15, 0.2) is 0 Å². The fourth-order valence-corrected chi connectivity index (χ4v) is 1.34. The SMILES string of the molecule is O=C(O)CC(NC(=O)NCCc1ccco1)C(=O)O. The zero-order chi connectivity index (χ0) is 14.3. The second kappa shape index (κ2) is 7.04. The molecule has 1 aromatic rings. The van der Waals surface area contributed by atoms with Crippen LogP contribution in [0, 0.1) is 0 Å². The van der Waals surface area contributed by atoms with Gasteiger partial charge in [-0.3, -0.25) is 4.79 Å². The standard InChI is InChI=1S/C11H14N2O6/c14-9(15)6-8(10(16)17)13-11(18)12-4-3-7-2-1-5-19-7/h1-2,5,8H,3-4,6H2,(H,14,15)(H,16,17)(H2,12,13,18). The molecule has 0 saturated heterocycles. The first-order chi connectivity index (χ1) is 8.99. The van der Waals surface area contributed by atoms with E-state index in [2.05, 4.69) is 10.6 Å². The van der Waals surface area contributed by atoms with E-state index in [0.29, 0.717) is 12.2 Å². The molecule has 8 nitrogen and oxygen atoms in total. The van der Waals surface area contributed by atoms with Gasteiger partial charge in [-0.05, 0) is 12.1 Å². The van der Waals surface area contributed by atoms with Gasteiger partial charge >= 0.3 is 18.0 Å². The molecule has 19 heavy (non-hydrogen) atoms. The van der Waals surface area contributed by atoms with Crippen molar-refractivity contribution in [3.05, 3.63) is 24.2 Å². The molecule has 0 saturated carbocycles. The molecule has 4 N–H and O–H groups in total. The number of nitrogens with one attached hydrogen (secondary N) is 2. The summed E-state index contributed by atoms with van der Waals surface area (Å²) in [5.74, 6) is -2.02. The molecule has 0 radical (unpaired) electrons. The molecule has 1 heterocycles. The quantitative estimate of drug-likeness (QED) is 0.554. The molecule has 0 aliphatic heterocycles. The maximum absolute atomic E-state index is 11.4. The van der Waals surface area contributed by atoms with E-state index in [1.807, 2.05) is 0 Å². The van der Waals surface area contributed by atoms with Crippen LogP contribution in [-0.4, -0.2) is 40.8 Å². The summed E-state index contributed by atoms with van der Waals surface area (Å²) in [6.07, 6.45) is 1.28. The van der Waals surface area contributed by atoms with Crippen molar-refractivity contribution >= 4 is 18.0 Å². The Morgan fingerprint density at radius 1 is 1.32 bits per heavy atom. The zero-order valence-electron chi connectivity index (χ0n) is 9.96. The molecule has 0 aliphatic rings. The van der Waals surface area contributed by atoms with E-state index in [0.717, 1.165) is 0 Å². The maximum atomic E-state index is 11.4. The normalized spacial score (nSPS) is 11.6. The molecule has 104 valence electrons. The van der Waals surface area contributed by atoms with Crippen molar-refractivity contribution in [1.29, 1.82) is 0 Å². The van der Waals surface area contributed by atoms with E-state index in [1.165, 1.54) is 6.26 Å². The second-order valence-electron chi connectivity index (χ2n) is 3.72. The lowest BCUT2D eigenvalue weighted by molar-refractivity contribution is -0.145. The van der Waals surface area contributed by atoms with Crippen molar-refractivity contribution in [3.8, 4) is 0 Å². The van der Waals surface area contributed by atoms with Crippen LogP contribution in [-0.2, 0) is 16.0 Å². The predicted molar refractivity (Wildman–Crippen MR) is 62.6 cm³/mol. The first-order valence-electron chi connectivity index (χ1n) is 5.50. The Bertz CT molecular complexity index is 442. The third-order valence-electron chi connectivity index (χ3n) is 2.22. The number of furan rings is 1. The highest BCUT2D eigenvalue weighted by Crippen LogP contribution is 1.99. The van der Waals surface area contributed by atoms with Crippen LogP contribution in [0.2, 0.25) is 0 Å². The summed E-state index contributed by atoms with van der Waals surface area (Å²) >= 11 is 0. The summed E-state index contributed by atoms with van der Waals surface area (Å²) in [4.78, 5) is 32.5. The lowest BCUT2D eigenvalue weighted by atomic mass is 10.2. The van der Waals surface area contributed by atoms with Gasteiger partial charge in [-0.2, -0.15) is 0 Å². The second-order valence-corrected chi connectivity index (χ2v) is 3.72. The number of amides is 2. The molecule has 1 atom stereocenters. The summed E-state index contributed by atoms with van der Waals surface area (Å²) in [5.41, 5.74) is 0. The smallest absolute Gasteiger partial charge is 0.326 e. The van der Waals surface area contributed by atoms with Crippen LogP contribution in [0.25, 0.3) is 0 Å². The Balaban J connectivity index is 2.32. The van der Waals surface area contributed by atoms with Crippen molar-refractivity contribution in [1.82, 2.24) is 10.6 Å². The van der Waals surface area contributed by atoms with Crippen LogP contribution in [0.4, 0.5) is 4.79 Å². The Kier molecular flexibility index (Phi) is 5.39. The first-order valence-corrected chi connectivity index (χ1v) is 5.50. The number of hydrogen-bond donors (Lipinski definition) is 4. The van der Waals surface area contributed by atoms with Gasteiger partial charge in [0.25, 0.3) is 0 Å². The minimum Gasteiger partial charge on any atom is -0.481 e. The summed E-state index contributed by atoms with van der Waals surface area (Å²) in [6, 6.07) is 1.26. The van der Waals surface area contributed by atoms with Crippen molar-refractivity contribution in [3.63, 3.8) is 0 Å². The molecule has 0 spiro atoms. The van der Waals surface area contributed by atoms with Crippen molar-refractivity contribution in [2.24, 2.45) is 0 Å². The number of urea groups is 1. The topological polar surface area (TPSA) is 129 Å².